The van der Waals surface area contributed by atoms with Gasteiger partial charge >= 0.3 is 0 Å². The van der Waals surface area contributed by atoms with Gasteiger partial charge in [0.1, 0.15) is 0 Å². The third-order valence-electron chi connectivity index (χ3n) is 6.93. The second-order valence-corrected chi connectivity index (χ2v) is 9.12. The third kappa shape index (κ3) is 4.46. The van der Waals surface area contributed by atoms with Gasteiger partial charge in [0, 0.05) is 36.8 Å². The van der Waals surface area contributed by atoms with Crippen molar-refractivity contribution in [2.24, 2.45) is 5.92 Å². The second kappa shape index (κ2) is 8.41. The van der Waals surface area contributed by atoms with Crippen LogP contribution in [0.3, 0.4) is 0 Å². The number of hydrogen-bond donors (Lipinski definition) is 1. The first kappa shape index (κ1) is 19.0. The minimum atomic E-state index is 0.198. The van der Waals surface area contributed by atoms with Crippen LogP contribution in [0.2, 0.25) is 0 Å². The molecule has 1 aliphatic carbocycles. The average molecular weight is 393 g/mol. The number of aromatic nitrogens is 1. The Morgan fingerprint density at radius 3 is 2.69 bits per heavy atom. The molecule has 3 fully saturated rings. The Kier molecular flexibility index (Phi) is 5.51. The highest BCUT2D eigenvalue weighted by molar-refractivity contribution is 5.81. The van der Waals surface area contributed by atoms with E-state index in [1.165, 1.54) is 36.6 Å². The van der Waals surface area contributed by atoms with E-state index in [0.29, 0.717) is 18.0 Å². The molecule has 1 aromatic heterocycles. The van der Waals surface area contributed by atoms with E-state index < -0.39 is 0 Å². The van der Waals surface area contributed by atoms with Gasteiger partial charge in [0.25, 0.3) is 0 Å². The van der Waals surface area contributed by atoms with Gasteiger partial charge in [-0.1, -0.05) is 24.3 Å². The lowest BCUT2D eigenvalue weighted by Gasteiger charge is -2.42. The highest BCUT2D eigenvalue weighted by Crippen LogP contribution is 2.27. The van der Waals surface area contributed by atoms with Crippen molar-refractivity contribution in [2.75, 3.05) is 26.2 Å². The van der Waals surface area contributed by atoms with Gasteiger partial charge in [-0.05, 0) is 69.8 Å². The van der Waals surface area contributed by atoms with E-state index >= 15 is 0 Å². The van der Waals surface area contributed by atoms with Crippen molar-refractivity contribution < 1.29 is 4.79 Å². The molecule has 29 heavy (non-hydrogen) atoms. The molecule has 0 bridgehead atoms. The first-order valence-corrected chi connectivity index (χ1v) is 11.4. The molecule has 154 valence electrons. The molecule has 0 radical (unpaired) electrons. The lowest BCUT2D eigenvalue weighted by Crippen LogP contribution is -2.50. The number of piperidine rings is 2. The zero-order chi connectivity index (χ0) is 19.6. The first-order chi connectivity index (χ1) is 14.3. The summed E-state index contributed by atoms with van der Waals surface area (Å²) in [6.45, 7) is 5.35. The van der Waals surface area contributed by atoms with Gasteiger partial charge < -0.3 is 5.32 Å². The highest BCUT2D eigenvalue weighted by atomic mass is 16.2. The molecule has 1 amide bonds. The predicted molar refractivity (Wildman–Crippen MR) is 116 cm³/mol. The molecular formula is C24H32N4O. The van der Waals surface area contributed by atoms with Crippen LogP contribution in [-0.2, 0) is 11.3 Å². The predicted octanol–water partition coefficient (Wildman–Crippen LogP) is 3.19. The Hall–Kier alpha value is -1.98. The Labute approximate surface area is 173 Å². The number of hydrogen-bond acceptors (Lipinski definition) is 4. The van der Waals surface area contributed by atoms with E-state index in [1.807, 2.05) is 12.3 Å². The summed E-state index contributed by atoms with van der Waals surface area (Å²) in [5.74, 6) is 0.502. The number of nitrogens with zero attached hydrogens (tertiary/aromatic N) is 3. The zero-order valence-electron chi connectivity index (χ0n) is 17.2. The number of para-hydroxylation sites is 1. The monoisotopic (exact) mass is 392 g/mol. The van der Waals surface area contributed by atoms with Crippen molar-refractivity contribution in [3.63, 3.8) is 0 Å². The van der Waals surface area contributed by atoms with Crippen molar-refractivity contribution in [3.8, 4) is 0 Å². The quantitative estimate of drug-likeness (QED) is 0.849. The number of carbonyl (C=O) groups is 1. The van der Waals surface area contributed by atoms with Crippen LogP contribution in [0.4, 0.5) is 0 Å². The van der Waals surface area contributed by atoms with Crippen LogP contribution in [-0.4, -0.2) is 59.0 Å². The van der Waals surface area contributed by atoms with Gasteiger partial charge in [-0.3, -0.25) is 19.6 Å². The maximum atomic E-state index is 12.5. The molecule has 1 aromatic carbocycles. The summed E-state index contributed by atoms with van der Waals surface area (Å²) in [4.78, 5) is 22.3. The molecule has 0 unspecified atom stereocenters. The number of fused-ring (bicyclic) bond motifs is 1. The maximum Gasteiger partial charge on any atom is 0.224 e. The van der Waals surface area contributed by atoms with Crippen LogP contribution in [0.25, 0.3) is 10.9 Å². The summed E-state index contributed by atoms with van der Waals surface area (Å²) in [6, 6.07) is 11.8. The molecule has 2 aromatic rings. The Morgan fingerprint density at radius 1 is 1.03 bits per heavy atom. The fourth-order valence-corrected chi connectivity index (χ4v) is 5.08. The summed E-state index contributed by atoms with van der Waals surface area (Å²) < 4.78 is 0. The smallest absolute Gasteiger partial charge is 0.224 e. The number of pyridine rings is 1. The van der Waals surface area contributed by atoms with Crippen molar-refractivity contribution in [3.05, 3.63) is 42.1 Å². The number of benzene rings is 1. The van der Waals surface area contributed by atoms with Crippen LogP contribution in [0, 0.1) is 5.92 Å². The minimum absolute atomic E-state index is 0.198. The van der Waals surface area contributed by atoms with Gasteiger partial charge in [-0.15, -0.1) is 0 Å². The molecule has 2 aliphatic heterocycles. The van der Waals surface area contributed by atoms with E-state index in [9.17, 15) is 4.79 Å². The van der Waals surface area contributed by atoms with E-state index in [0.717, 1.165) is 51.1 Å². The fraction of sp³-hybridized carbons (Fsp3) is 0.583. The first-order valence-electron chi connectivity index (χ1n) is 11.4. The minimum Gasteiger partial charge on any atom is -0.353 e. The SMILES string of the molecule is O=C(NC1CC1)[C@@H]1CCCN(C2CCN(Cc3cccc4cccnc34)CC2)C1. The largest absolute Gasteiger partial charge is 0.353 e. The van der Waals surface area contributed by atoms with Crippen LogP contribution in [0.15, 0.2) is 36.5 Å². The zero-order valence-corrected chi connectivity index (χ0v) is 17.2. The lowest BCUT2D eigenvalue weighted by molar-refractivity contribution is -0.127. The van der Waals surface area contributed by atoms with Gasteiger partial charge in [-0.2, -0.15) is 0 Å². The summed E-state index contributed by atoms with van der Waals surface area (Å²) in [6.07, 6.45) is 8.86. The number of amides is 1. The number of nitrogens with one attached hydrogen (secondary N) is 1. The van der Waals surface area contributed by atoms with Crippen LogP contribution in [0.1, 0.15) is 44.1 Å². The van der Waals surface area contributed by atoms with Gasteiger partial charge in [0.2, 0.25) is 5.91 Å². The molecule has 1 N–H and O–H groups in total. The Morgan fingerprint density at radius 2 is 1.86 bits per heavy atom. The molecule has 2 saturated heterocycles. The molecule has 5 rings (SSSR count). The van der Waals surface area contributed by atoms with Gasteiger partial charge in [0.05, 0.1) is 11.4 Å². The molecule has 5 nitrogen and oxygen atoms in total. The molecule has 0 spiro atoms. The van der Waals surface area contributed by atoms with Crippen molar-refractivity contribution >= 4 is 16.8 Å². The molecule has 3 aliphatic rings. The third-order valence-corrected chi connectivity index (χ3v) is 6.93. The van der Waals surface area contributed by atoms with Crippen LogP contribution < -0.4 is 5.32 Å². The van der Waals surface area contributed by atoms with Gasteiger partial charge in [-0.25, -0.2) is 0 Å². The molecular weight excluding hydrogens is 360 g/mol. The lowest BCUT2D eigenvalue weighted by atomic mass is 9.93. The fourth-order valence-electron chi connectivity index (χ4n) is 5.08. The average Bonchev–Trinajstić information content (AvgIpc) is 3.59. The Bertz CT molecular complexity index is 852. The number of carbonyl (C=O) groups excluding carboxylic acids is 1. The summed E-state index contributed by atoms with van der Waals surface area (Å²) >= 11 is 0. The summed E-state index contributed by atoms with van der Waals surface area (Å²) in [5.41, 5.74) is 2.47. The molecule has 5 heteroatoms. The van der Waals surface area contributed by atoms with Crippen molar-refractivity contribution in [1.82, 2.24) is 20.1 Å². The normalized spacial score (nSPS) is 24.6. The van der Waals surface area contributed by atoms with E-state index in [-0.39, 0.29) is 5.92 Å². The van der Waals surface area contributed by atoms with E-state index in [2.05, 4.69) is 44.4 Å². The number of likely N-dealkylation sites (tertiary alicyclic amines) is 2. The second-order valence-electron chi connectivity index (χ2n) is 9.12. The Balaban J connectivity index is 1.15. The van der Waals surface area contributed by atoms with Crippen molar-refractivity contribution in [2.45, 2.75) is 57.2 Å². The van der Waals surface area contributed by atoms with Crippen LogP contribution >= 0.6 is 0 Å². The van der Waals surface area contributed by atoms with Crippen molar-refractivity contribution in [1.29, 1.82) is 0 Å². The van der Waals surface area contributed by atoms with E-state index in [4.69, 9.17) is 0 Å². The maximum absolute atomic E-state index is 12.5. The molecule has 1 saturated carbocycles. The topological polar surface area (TPSA) is 48.5 Å². The summed E-state index contributed by atoms with van der Waals surface area (Å²) in [7, 11) is 0. The molecule has 3 heterocycles. The standard InChI is InChI=1S/C24H32N4O/c29-24(26-21-8-9-21)20-7-3-13-28(17-20)22-10-14-27(15-11-22)16-19-5-1-4-18-6-2-12-25-23(18)19/h1-2,4-6,12,20-22H,3,7-11,13-17H2,(H,26,29)/t20-/m1/s1. The van der Waals surface area contributed by atoms with E-state index in [1.54, 1.807) is 0 Å². The number of rotatable bonds is 5. The molecule has 1 atom stereocenters. The van der Waals surface area contributed by atoms with Crippen LogP contribution in [0.5, 0.6) is 0 Å². The highest BCUT2D eigenvalue weighted by Gasteiger charge is 2.33. The summed E-state index contributed by atoms with van der Waals surface area (Å²) in [5, 5.41) is 4.44. The van der Waals surface area contributed by atoms with Gasteiger partial charge in [0.15, 0.2) is 0 Å².